The van der Waals surface area contributed by atoms with Gasteiger partial charge >= 0.3 is 5.97 Å². The summed E-state index contributed by atoms with van der Waals surface area (Å²) < 4.78 is 19.0. The van der Waals surface area contributed by atoms with Gasteiger partial charge in [-0.1, -0.05) is 13.8 Å². The molecule has 0 saturated heterocycles. The van der Waals surface area contributed by atoms with Crippen molar-refractivity contribution in [1.29, 1.82) is 0 Å². The van der Waals surface area contributed by atoms with Gasteiger partial charge in [-0.25, -0.2) is 9.18 Å². The van der Waals surface area contributed by atoms with Gasteiger partial charge in [0, 0.05) is 5.56 Å². The molecule has 1 aromatic carbocycles. The van der Waals surface area contributed by atoms with Gasteiger partial charge in [0.15, 0.2) is 0 Å². The molecule has 2 aromatic rings. The fraction of sp³-hybridized carbons (Fsp3) is 0.333. The number of benzene rings is 1. The SMILES string of the molecule is CCOC(=O)c1c(NC(=O)c2ccc(F)cc2)sc(Br)c1CC(C)C. The summed E-state index contributed by atoms with van der Waals surface area (Å²) in [6, 6.07) is 5.23. The van der Waals surface area contributed by atoms with Crippen LogP contribution in [0.1, 0.15) is 47.1 Å². The monoisotopic (exact) mass is 427 g/mol. The van der Waals surface area contributed by atoms with E-state index in [-0.39, 0.29) is 6.61 Å². The molecule has 1 heterocycles. The number of rotatable bonds is 6. The van der Waals surface area contributed by atoms with Crippen LogP contribution in [-0.4, -0.2) is 18.5 Å². The summed E-state index contributed by atoms with van der Waals surface area (Å²) in [6.07, 6.45) is 0.678. The van der Waals surface area contributed by atoms with Crippen LogP contribution in [0.3, 0.4) is 0 Å². The van der Waals surface area contributed by atoms with Crippen LogP contribution in [0.25, 0.3) is 0 Å². The molecule has 0 atom stereocenters. The molecule has 0 fully saturated rings. The lowest BCUT2D eigenvalue weighted by Gasteiger charge is -2.10. The average Bonchev–Trinajstić information content (AvgIpc) is 2.83. The number of carbonyl (C=O) groups excluding carboxylic acids is 2. The van der Waals surface area contributed by atoms with Gasteiger partial charge in [0.05, 0.1) is 16.0 Å². The van der Waals surface area contributed by atoms with Gasteiger partial charge in [-0.2, -0.15) is 0 Å². The molecule has 0 aliphatic carbocycles. The molecule has 7 heteroatoms. The Hall–Kier alpha value is -1.73. The first kappa shape index (κ1) is 19.6. The van der Waals surface area contributed by atoms with Crippen molar-refractivity contribution in [3.05, 3.63) is 50.6 Å². The Labute approximate surface area is 158 Å². The highest BCUT2D eigenvalue weighted by molar-refractivity contribution is 9.11. The lowest BCUT2D eigenvalue weighted by Crippen LogP contribution is -2.15. The smallest absolute Gasteiger partial charge is 0.341 e. The van der Waals surface area contributed by atoms with Crippen molar-refractivity contribution in [3.63, 3.8) is 0 Å². The van der Waals surface area contributed by atoms with Gasteiger partial charge in [-0.15, -0.1) is 11.3 Å². The van der Waals surface area contributed by atoms with E-state index in [2.05, 4.69) is 35.1 Å². The van der Waals surface area contributed by atoms with Crippen molar-refractivity contribution in [2.45, 2.75) is 27.2 Å². The quantitative estimate of drug-likeness (QED) is 0.638. The highest BCUT2D eigenvalue weighted by Gasteiger charge is 2.25. The summed E-state index contributed by atoms with van der Waals surface area (Å²) in [7, 11) is 0. The molecule has 0 spiro atoms. The normalized spacial score (nSPS) is 10.8. The second-order valence-electron chi connectivity index (χ2n) is 5.84. The number of thiophene rings is 1. The second kappa shape index (κ2) is 8.58. The summed E-state index contributed by atoms with van der Waals surface area (Å²) in [5, 5.41) is 3.17. The van der Waals surface area contributed by atoms with Crippen molar-refractivity contribution < 1.29 is 18.7 Å². The molecule has 0 aliphatic rings. The van der Waals surface area contributed by atoms with E-state index in [9.17, 15) is 14.0 Å². The standard InChI is InChI=1S/C18H19BrFNO3S/c1-4-24-18(23)14-13(9-10(2)3)15(19)25-17(14)21-16(22)11-5-7-12(20)8-6-11/h5-8,10H,4,9H2,1-3H3,(H,21,22). The molecule has 1 amide bonds. The molecule has 0 saturated carbocycles. The van der Waals surface area contributed by atoms with Gasteiger partial charge in [-0.3, -0.25) is 4.79 Å². The van der Waals surface area contributed by atoms with E-state index in [0.717, 1.165) is 9.35 Å². The van der Waals surface area contributed by atoms with Gasteiger partial charge in [0.2, 0.25) is 0 Å². The number of amides is 1. The minimum Gasteiger partial charge on any atom is -0.462 e. The Morgan fingerprint density at radius 3 is 2.48 bits per heavy atom. The van der Waals surface area contributed by atoms with Crippen molar-refractivity contribution in [2.24, 2.45) is 5.92 Å². The van der Waals surface area contributed by atoms with Crippen molar-refractivity contribution in [3.8, 4) is 0 Å². The lowest BCUT2D eigenvalue weighted by atomic mass is 10.0. The zero-order valence-electron chi connectivity index (χ0n) is 14.2. The molecule has 4 nitrogen and oxygen atoms in total. The van der Waals surface area contributed by atoms with E-state index < -0.39 is 17.7 Å². The second-order valence-corrected chi connectivity index (χ2v) is 8.18. The average molecular weight is 428 g/mol. The number of esters is 1. The molecule has 1 aromatic heterocycles. The maximum Gasteiger partial charge on any atom is 0.341 e. The van der Waals surface area contributed by atoms with Crippen LogP contribution >= 0.6 is 27.3 Å². The van der Waals surface area contributed by atoms with E-state index in [0.29, 0.717) is 28.5 Å². The molecule has 25 heavy (non-hydrogen) atoms. The van der Waals surface area contributed by atoms with Crippen LogP contribution in [0.5, 0.6) is 0 Å². The minimum absolute atomic E-state index is 0.249. The Morgan fingerprint density at radius 2 is 1.92 bits per heavy atom. The predicted molar refractivity (Wildman–Crippen MR) is 101 cm³/mol. The van der Waals surface area contributed by atoms with Gasteiger partial charge in [-0.05, 0) is 65.0 Å². The van der Waals surface area contributed by atoms with E-state index in [1.807, 2.05) is 0 Å². The van der Waals surface area contributed by atoms with Gasteiger partial charge < -0.3 is 10.1 Å². The van der Waals surface area contributed by atoms with E-state index >= 15 is 0 Å². The molecule has 134 valence electrons. The topological polar surface area (TPSA) is 55.4 Å². The molecule has 0 bridgehead atoms. The number of hydrogen-bond donors (Lipinski definition) is 1. The van der Waals surface area contributed by atoms with Crippen molar-refractivity contribution in [2.75, 3.05) is 11.9 Å². The first-order chi connectivity index (χ1) is 11.8. The Bertz CT molecular complexity index is 771. The summed E-state index contributed by atoms with van der Waals surface area (Å²) >= 11 is 4.75. The minimum atomic E-state index is -0.463. The van der Waals surface area contributed by atoms with Gasteiger partial charge in [0.25, 0.3) is 5.91 Å². The van der Waals surface area contributed by atoms with Crippen LogP contribution in [-0.2, 0) is 11.2 Å². The van der Waals surface area contributed by atoms with E-state index in [1.165, 1.54) is 35.6 Å². The molecule has 0 aliphatic heterocycles. The summed E-state index contributed by atoms with van der Waals surface area (Å²) in [6.45, 7) is 6.09. The van der Waals surface area contributed by atoms with Gasteiger partial charge in [0.1, 0.15) is 10.8 Å². The van der Waals surface area contributed by atoms with Crippen LogP contribution in [0.2, 0.25) is 0 Å². The highest BCUT2D eigenvalue weighted by Crippen LogP contribution is 2.39. The molecule has 0 unspecified atom stereocenters. The molecular formula is C18H19BrFNO3S. The van der Waals surface area contributed by atoms with Crippen LogP contribution in [0, 0.1) is 11.7 Å². The predicted octanol–water partition coefficient (Wildman–Crippen LogP) is 5.28. The number of anilines is 1. The number of ether oxygens (including phenoxy) is 1. The Balaban J connectivity index is 2.37. The third-order valence-electron chi connectivity index (χ3n) is 3.38. The number of carbonyl (C=O) groups is 2. The fourth-order valence-electron chi connectivity index (χ4n) is 2.31. The third-order valence-corrected chi connectivity index (χ3v) is 5.28. The first-order valence-electron chi connectivity index (χ1n) is 7.88. The maximum atomic E-state index is 13.0. The maximum absolute atomic E-state index is 13.0. The van der Waals surface area contributed by atoms with Crippen LogP contribution < -0.4 is 5.32 Å². The molecular weight excluding hydrogens is 409 g/mol. The summed E-state index contributed by atoms with van der Waals surface area (Å²) in [5.41, 5.74) is 1.52. The Kier molecular flexibility index (Phi) is 6.72. The summed E-state index contributed by atoms with van der Waals surface area (Å²) in [4.78, 5) is 24.8. The highest BCUT2D eigenvalue weighted by atomic mass is 79.9. The van der Waals surface area contributed by atoms with Crippen molar-refractivity contribution in [1.82, 2.24) is 0 Å². The first-order valence-corrected chi connectivity index (χ1v) is 9.49. The van der Waals surface area contributed by atoms with Crippen molar-refractivity contribution >= 4 is 44.1 Å². The third kappa shape index (κ3) is 4.89. The largest absolute Gasteiger partial charge is 0.462 e. The van der Waals surface area contributed by atoms with Crippen LogP contribution in [0.15, 0.2) is 28.1 Å². The van der Waals surface area contributed by atoms with E-state index in [4.69, 9.17) is 4.74 Å². The zero-order valence-corrected chi connectivity index (χ0v) is 16.6. The van der Waals surface area contributed by atoms with Crippen LogP contribution in [0.4, 0.5) is 9.39 Å². The molecule has 2 rings (SSSR count). The molecule has 1 N–H and O–H groups in total. The molecule has 0 radical (unpaired) electrons. The summed E-state index contributed by atoms with van der Waals surface area (Å²) in [5.74, 6) is -0.952. The fourth-order valence-corrected chi connectivity index (χ4v) is 4.10. The lowest BCUT2D eigenvalue weighted by molar-refractivity contribution is 0.0526. The van der Waals surface area contributed by atoms with E-state index in [1.54, 1.807) is 6.92 Å². The number of hydrogen-bond acceptors (Lipinski definition) is 4. The Morgan fingerprint density at radius 1 is 1.28 bits per heavy atom. The number of nitrogens with one attached hydrogen (secondary N) is 1. The number of halogens is 2. The zero-order chi connectivity index (χ0) is 18.6.